The number of aldehydes is 1. The summed E-state index contributed by atoms with van der Waals surface area (Å²) < 4.78 is 17.4. The Hall–Kier alpha value is -6.42. The molecule has 0 radical (unpaired) electrons. The molecule has 316 valence electrons. The van der Waals surface area contributed by atoms with Gasteiger partial charge in [-0.2, -0.15) is 0 Å². The van der Waals surface area contributed by atoms with Gasteiger partial charge < -0.3 is 34.7 Å². The number of nitrogens with zero attached hydrogens (tertiary/aromatic N) is 3. The Labute approximate surface area is 347 Å². The van der Waals surface area contributed by atoms with Gasteiger partial charge in [0.05, 0.1) is 18.8 Å². The number of ether oxygens (including phenoxy) is 3. The molecule has 0 aliphatic carbocycles. The van der Waals surface area contributed by atoms with E-state index in [1.165, 1.54) is 30.9 Å². The molecular weight excluding hydrogens is 771 g/mol. The lowest BCUT2D eigenvalue weighted by molar-refractivity contribution is -0.136. The highest BCUT2D eigenvalue weighted by Crippen LogP contribution is 2.30. The number of piperidine rings is 1. The van der Waals surface area contributed by atoms with E-state index in [0.29, 0.717) is 31.9 Å². The van der Waals surface area contributed by atoms with Gasteiger partial charge in [-0.05, 0) is 30.2 Å². The van der Waals surface area contributed by atoms with E-state index in [1.54, 1.807) is 12.3 Å². The Morgan fingerprint density at radius 2 is 1.62 bits per heavy atom. The second-order valence-electron chi connectivity index (χ2n) is 16.6. The number of imide groups is 1. The van der Waals surface area contributed by atoms with Gasteiger partial charge in [0.15, 0.2) is 19.5 Å². The summed E-state index contributed by atoms with van der Waals surface area (Å²) in [4.78, 5) is 88.3. The summed E-state index contributed by atoms with van der Waals surface area (Å²) >= 11 is 0. The van der Waals surface area contributed by atoms with E-state index in [0.717, 1.165) is 45.5 Å². The molecule has 2 aromatic carbocycles. The minimum Gasteiger partial charge on any atom is -0.483 e. The van der Waals surface area contributed by atoms with Gasteiger partial charge in [0, 0.05) is 102 Å². The van der Waals surface area contributed by atoms with Gasteiger partial charge in [-0.3, -0.25) is 39.1 Å². The van der Waals surface area contributed by atoms with Crippen LogP contribution in [0.2, 0.25) is 0 Å². The van der Waals surface area contributed by atoms with Crippen LogP contribution in [-0.4, -0.2) is 116 Å². The van der Waals surface area contributed by atoms with Crippen molar-refractivity contribution in [2.24, 2.45) is 15.8 Å². The molecule has 4 N–H and O–H groups in total. The van der Waals surface area contributed by atoms with Gasteiger partial charge >= 0.3 is 0 Å². The highest BCUT2D eigenvalue weighted by Gasteiger charge is 2.34. The number of carbonyl (C=O) groups excluding carboxylic acids is 6. The lowest BCUT2D eigenvalue weighted by atomic mass is 9.93. The summed E-state index contributed by atoms with van der Waals surface area (Å²) in [6.07, 6.45) is 5.27. The molecule has 0 bridgehead atoms. The van der Waals surface area contributed by atoms with Crippen molar-refractivity contribution in [3.8, 4) is 22.8 Å². The van der Waals surface area contributed by atoms with Crippen molar-refractivity contribution in [2.75, 3.05) is 53.1 Å². The van der Waals surface area contributed by atoms with Crippen LogP contribution in [0.15, 0.2) is 59.7 Å². The molecule has 5 amide bonds. The predicted molar refractivity (Wildman–Crippen MR) is 223 cm³/mol. The van der Waals surface area contributed by atoms with E-state index in [4.69, 9.17) is 14.2 Å². The van der Waals surface area contributed by atoms with E-state index < -0.39 is 47.1 Å². The zero-order valence-electron chi connectivity index (χ0n) is 34.5. The normalized spacial score (nSPS) is 15.2. The topological polar surface area (TPSA) is 210 Å². The first kappa shape index (κ1) is 43.2. The molecule has 16 heteroatoms. The number of aromatic amines is 1. The van der Waals surface area contributed by atoms with E-state index in [2.05, 4.69) is 49.1 Å². The monoisotopic (exact) mass is 821 g/mol. The molecule has 6 rings (SSSR count). The van der Waals surface area contributed by atoms with Crippen LogP contribution in [0.25, 0.3) is 22.0 Å². The van der Waals surface area contributed by atoms with Gasteiger partial charge in [-0.25, -0.2) is 4.98 Å². The maximum atomic E-state index is 13.5. The third-order valence-corrected chi connectivity index (χ3v) is 10.3. The second-order valence-corrected chi connectivity index (χ2v) is 16.6. The summed E-state index contributed by atoms with van der Waals surface area (Å²) in [7, 11) is 1.41. The van der Waals surface area contributed by atoms with Crippen molar-refractivity contribution < 1.29 is 43.0 Å². The third-order valence-electron chi connectivity index (χ3n) is 10.3. The zero-order chi connectivity index (χ0) is 43.0. The van der Waals surface area contributed by atoms with Crippen molar-refractivity contribution in [3.63, 3.8) is 0 Å². The van der Waals surface area contributed by atoms with Crippen LogP contribution in [0.1, 0.15) is 72.5 Å². The van der Waals surface area contributed by atoms with Crippen LogP contribution < -0.4 is 25.4 Å². The van der Waals surface area contributed by atoms with Crippen LogP contribution in [0, 0.1) is 10.8 Å². The van der Waals surface area contributed by atoms with Crippen LogP contribution in [0.5, 0.6) is 11.6 Å². The summed E-state index contributed by atoms with van der Waals surface area (Å²) in [6, 6.07) is 13.4. The first-order valence-corrected chi connectivity index (χ1v) is 19.8. The van der Waals surface area contributed by atoms with Crippen LogP contribution >= 0.6 is 0 Å². The third kappa shape index (κ3) is 10.8. The molecule has 60 heavy (non-hydrogen) atoms. The lowest BCUT2D eigenvalue weighted by Gasteiger charge is -2.30. The Kier molecular flexibility index (Phi) is 13.4. The number of amides is 5. The van der Waals surface area contributed by atoms with Crippen LogP contribution in [0.3, 0.4) is 0 Å². The average Bonchev–Trinajstić information content (AvgIpc) is 3.61. The molecule has 1 atom stereocenters. The number of aliphatic imine (C=N–C) groups is 1. The Morgan fingerprint density at radius 3 is 2.28 bits per heavy atom. The Balaban J connectivity index is 0.897. The number of H-pyrrole nitrogens is 1. The maximum absolute atomic E-state index is 13.5. The predicted octanol–water partition coefficient (Wildman–Crippen LogP) is 3.65. The van der Waals surface area contributed by atoms with E-state index in [-0.39, 0.29) is 48.8 Å². The van der Waals surface area contributed by atoms with Crippen molar-refractivity contribution in [1.29, 1.82) is 0 Å². The number of aromatic nitrogens is 2. The molecule has 4 heterocycles. The molecular formula is C44H51N7O9. The number of rotatable bonds is 18. The molecule has 1 fully saturated rings. The number of nitrogens with one attached hydrogen (secondary N) is 4. The molecule has 4 aromatic rings. The summed E-state index contributed by atoms with van der Waals surface area (Å²) in [6.45, 7) is 9.17. The van der Waals surface area contributed by atoms with Crippen molar-refractivity contribution in [3.05, 3.63) is 77.1 Å². The Bertz CT molecular complexity index is 2300. The van der Waals surface area contributed by atoms with Gasteiger partial charge in [-0.1, -0.05) is 52.0 Å². The highest BCUT2D eigenvalue weighted by molar-refractivity contribution is 6.07. The minimum absolute atomic E-state index is 0.00396. The quantitative estimate of drug-likeness (QED) is 0.0846. The van der Waals surface area contributed by atoms with Gasteiger partial charge in [0.1, 0.15) is 11.8 Å². The van der Waals surface area contributed by atoms with Crippen LogP contribution in [0.4, 0.5) is 0 Å². The number of hydrogen-bond donors (Lipinski definition) is 4. The summed E-state index contributed by atoms with van der Waals surface area (Å²) in [5.74, 6) is -2.10. The SMILES string of the molecule is CN(C(=O)c1c(C=O)cccc1OCC(=O)NCC(C)(C)COCC(C)(C)CNC(=O)COc1ccc(-c2ccc3c4c([nH]c3c2)CCN=C4)cn1)C1CCC(=O)NC1=O. The smallest absolute Gasteiger partial charge is 0.258 e. The largest absolute Gasteiger partial charge is 0.483 e. The minimum atomic E-state index is -0.910. The lowest BCUT2D eigenvalue weighted by Crippen LogP contribution is -2.53. The molecule has 2 aliphatic heterocycles. The molecule has 0 spiro atoms. The first-order valence-electron chi connectivity index (χ1n) is 19.8. The number of fused-ring (bicyclic) bond motifs is 3. The second kappa shape index (κ2) is 18.7. The highest BCUT2D eigenvalue weighted by atomic mass is 16.5. The summed E-state index contributed by atoms with van der Waals surface area (Å²) in [5.41, 5.74) is 4.41. The summed E-state index contributed by atoms with van der Waals surface area (Å²) in [5, 5.41) is 9.09. The molecule has 2 aromatic heterocycles. The number of benzene rings is 2. The van der Waals surface area contributed by atoms with E-state index >= 15 is 0 Å². The average molecular weight is 822 g/mol. The van der Waals surface area contributed by atoms with Crippen molar-refractivity contribution in [2.45, 2.75) is 53.0 Å². The molecule has 1 unspecified atom stereocenters. The standard InChI is InChI=1S/C44H51N7O9/c1-43(2,23-47-37(54)21-59-35-8-6-7-29(20-52)40(35)42(57)51(5)34-12-13-36(53)50-41(34)56)25-58-26-44(3,4)24-48-38(55)22-60-39-14-10-28(18-46-39)27-9-11-30-31-19-45-16-15-32(31)49-33(30)17-27/h6-11,14,17-20,34,49H,12-13,15-16,21-26H2,1-5H3,(H,47,54)(H,48,55)(H,50,53,56). The zero-order valence-corrected chi connectivity index (χ0v) is 34.5. The van der Waals surface area contributed by atoms with Crippen LogP contribution in [-0.2, 0) is 30.3 Å². The number of likely N-dealkylation sites (N-methyl/N-ethyl adjacent to an activating group) is 1. The van der Waals surface area contributed by atoms with Crippen molar-refractivity contribution in [1.82, 2.24) is 30.8 Å². The van der Waals surface area contributed by atoms with Crippen molar-refractivity contribution >= 4 is 52.9 Å². The number of pyridine rings is 1. The maximum Gasteiger partial charge on any atom is 0.258 e. The molecule has 0 saturated carbocycles. The fourth-order valence-electron chi connectivity index (χ4n) is 6.90. The number of hydrogen-bond acceptors (Lipinski definition) is 11. The van der Waals surface area contributed by atoms with Gasteiger partial charge in [0.25, 0.3) is 17.7 Å². The van der Waals surface area contributed by atoms with Gasteiger partial charge in [-0.15, -0.1) is 0 Å². The fourth-order valence-corrected chi connectivity index (χ4v) is 6.90. The molecule has 1 saturated heterocycles. The molecule has 16 nitrogen and oxygen atoms in total. The number of carbonyl (C=O) groups is 6. The van der Waals surface area contributed by atoms with Gasteiger partial charge in [0.2, 0.25) is 17.7 Å². The molecule has 2 aliphatic rings. The Morgan fingerprint density at radius 1 is 0.917 bits per heavy atom. The first-order chi connectivity index (χ1) is 28.6. The van der Waals surface area contributed by atoms with E-state index in [9.17, 15) is 28.8 Å². The van der Waals surface area contributed by atoms with E-state index in [1.807, 2.05) is 40.0 Å². The fraction of sp³-hybridized carbons (Fsp3) is 0.409.